The number of rotatable bonds is 3. The molecule has 0 saturated carbocycles. The van der Waals surface area contributed by atoms with Gasteiger partial charge < -0.3 is 10.5 Å². The molecule has 0 spiro atoms. The first-order valence-electron chi connectivity index (χ1n) is 5.28. The molecule has 2 rings (SSSR count). The van der Waals surface area contributed by atoms with Crippen LogP contribution in [0.25, 0.3) is 11.3 Å². The van der Waals surface area contributed by atoms with Gasteiger partial charge in [-0.05, 0) is 23.8 Å². The molecular weight excluding hydrogens is 254 g/mol. The maximum absolute atomic E-state index is 11.2. The minimum Gasteiger partial charge on any atom is -0.496 e. The van der Waals surface area contributed by atoms with Crippen LogP contribution >= 0.6 is 11.6 Å². The lowest BCUT2D eigenvalue weighted by Gasteiger charge is -2.10. The normalized spacial score (nSPS) is 10.4. The summed E-state index contributed by atoms with van der Waals surface area (Å²) < 4.78 is 5.25. The van der Waals surface area contributed by atoms with Crippen LogP contribution in [-0.4, -0.2) is 17.3 Å². The summed E-state index contributed by atoms with van der Waals surface area (Å²) in [5, 5.41) is 6.95. The number of H-pyrrole nitrogens is 1. The Morgan fingerprint density at radius 1 is 1.44 bits per heavy atom. The molecule has 1 aromatic heterocycles. The molecule has 3 N–H and O–H groups in total. The van der Waals surface area contributed by atoms with E-state index in [2.05, 4.69) is 10.2 Å². The molecule has 5 nitrogen and oxygen atoms in total. The summed E-state index contributed by atoms with van der Waals surface area (Å²) in [5.41, 5.74) is 7.23. The highest BCUT2D eigenvalue weighted by atomic mass is 35.5. The lowest BCUT2D eigenvalue weighted by molar-refractivity contribution is 0.416. The standard InChI is InChI=1S/C12H12ClN3O2/c1-18-10-3-2-8(13)5-9(10)12-7(6-14)4-11(17)15-16-12/h2-5H,6,14H2,1H3,(H,15,17). The number of hydrogen-bond acceptors (Lipinski definition) is 4. The fraction of sp³-hybridized carbons (Fsp3) is 0.167. The number of halogens is 1. The van der Waals surface area contributed by atoms with Crippen molar-refractivity contribution in [3.8, 4) is 17.0 Å². The zero-order valence-electron chi connectivity index (χ0n) is 9.74. The van der Waals surface area contributed by atoms with Crippen LogP contribution in [0.15, 0.2) is 29.1 Å². The Balaban J connectivity index is 2.67. The van der Waals surface area contributed by atoms with E-state index in [-0.39, 0.29) is 12.1 Å². The van der Waals surface area contributed by atoms with E-state index in [1.807, 2.05) is 0 Å². The number of aromatic nitrogens is 2. The average Bonchev–Trinajstić information content (AvgIpc) is 2.38. The number of benzene rings is 1. The largest absolute Gasteiger partial charge is 0.496 e. The molecule has 2 aromatic rings. The molecule has 0 aliphatic rings. The molecule has 94 valence electrons. The molecule has 1 heterocycles. The highest BCUT2D eigenvalue weighted by Gasteiger charge is 2.12. The number of ether oxygens (including phenoxy) is 1. The Kier molecular flexibility index (Phi) is 3.64. The highest BCUT2D eigenvalue weighted by molar-refractivity contribution is 6.31. The van der Waals surface area contributed by atoms with E-state index in [4.69, 9.17) is 22.1 Å². The fourth-order valence-electron chi connectivity index (χ4n) is 1.70. The van der Waals surface area contributed by atoms with Gasteiger partial charge in [0, 0.05) is 23.2 Å². The quantitative estimate of drug-likeness (QED) is 0.882. The van der Waals surface area contributed by atoms with Gasteiger partial charge >= 0.3 is 0 Å². The summed E-state index contributed by atoms with van der Waals surface area (Å²) in [6, 6.07) is 6.60. The second-order valence-electron chi connectivity index (χ2n) is 3.65. The summed E-state index contributed by atoms with van der Waals surface area (Å²) >= 11 is 5.96. The molecule has 0 unspecified atom stereocenters. The van der Waals surface area contributed by atoms with E-state index in [0.717, 1.165) is 0 Å². The predicted molar refractivity (Wildman–Crippen MR) is 69.7 cm³/mol. The number of methoxy groups -OCH3 is 1. The fourth-order valence-corrected chi connectivity index (χ4v) is 1.87. The van der Waals surface area contributed by atoms with Gasteiger partial charge in [-0.15, -0.1) is 0 Å². The van der Waals surface area contributed by atoms with Gasteiger partial charge in [0.15, 0.2) is 0 Å². The van der Waals surface area contributed by atoms with Crippen molar-refractivity contribution in [2.75, 3.05) is 7.11 Å². The van der Waals surface area contributed by atoms with Crippen molar-refractivity contribution in [2.24, 2.45) is 5.73 Å². The van der Waals surface area contributed by atoms with Crippen molar-refractivity contribution in [3.63, 3.8) is 0 Å². The molecule has 0 atom stereocenters. The lowest BCUT2D eigenvalue weighted by atomic mass is 10.1. The van der Waals surface area contributed by atoms with Crippen LogP contribution in [0.2, 0.25) is 5.02 Å². The van der Waals surface area contributed by atoms with Crippen LogP contribution in [0.5, 0.6) is 5.75 Å². The van der Waals surface area contributed by atoms with Gasteiger partial charge in [-0.3, -0.25) is 4.79 Å². The van der Waals surface area contributed by atoms with Gasteiger partial charge in [0.25, 0.3) is 5.56 Å². The van der Waals surface area contributed by atoms with Crippen LogP contribution in [0.3, 0.4) is 0 Å². The molecule has 0 aliphatic carbocycles. The highest BCUT2D eigenvalue weighted by Crippen LogP contribution is 2.32. The maximum Gasteiger partial charge on any atom is 0.264 e. The third kappa shape index (κ3) is 2.37. The Hall–Kier alpha value is -1.85. The first kappa shape index (κ1) is 12.6. The predicted octanol–water partition coefficient (Wildman–Crippen LogP) is 1.56. The first-order chi connectivity index (χ1) is 8.65. The van der Waals surface area contributed by atoms with Crippen molar-refractivity contribution in [2.45, 2.75) is 6.54 Å². The van der Waals surface area contributed by atoms with Crippen LogP contribution in [-0.2, 0) is 6.54 Å². The van der Waals surface area contributed by atoms with E-state index in [9.17, 15) is 4.79 Å². The Labute approximate surface area is 109 Å². The third-order valence-corrected chi connectivity index (χ3v) is 2.76. The molecule has 0 saturated heterocycles. The molecule has 0 aliphatic heterocycles. The van der Waals surface area contributed by atoms with Gasteiger partial charge in [0.05, 0.1) is 12.8 Å². The number of aromatic amines is 1. The van der Waals surface area contributed by atoms with Gasteiger partial charge in [-0.25, -0.2) is 5.10 Å². The van der Waals surface area contributed by atoms with E-state index in [1.165, 1.54) is 6.07 Å². The molecule has 18 heavy (non-hydrogen) atoms. The van der Waals surface area contributed by atoms with E-state index in [1.54, 1.807) is 25.3 Å². The summed E-state index contributed by atoms with van der Waals surface area (Å²) in [6.07, 6.45) is 0. The zero-order chi connectivity index (χ0) is 13.1. The molecule has 0 radical (unpaired) electrons. The third-order valence-electron chi connectivity index (χ3n) is 2.52. The smallest absolute Gasteiger partial charge is 0.264 e. The summed E-state index contributed by atoms with van der Waals surface area (Å²) in [7, 11) is 1.56. The van der Waals surface area contributed by atoms with Crippen LogP contribution in [0.4, 0.5) is 0 Å². The molecule has 6 heteroatoms. The summed E-state index contributed by atoms with van der Waals surface area (Å²) in [4.78, 5) is 11.2. The molecule has 0 bridgehead atoms. The lowest BCUT2D eigenvalue weighted by Crippen LogP contribution is -2.13. The number of nitrogens with zero attached hydrogens (tertiary/aromatic N) is 1. The number of hydrogen-bond donors (Lipinski definition) is 2. The SMILES string of the molecule is COc1ccc(Cl)cc1-c1n[nH]c(=O)cc1CN. The van der Waals surface area contributed by atoms with E-state index < -0.39 is 0 Å². The molecular formula is C12H12ClN3O2. The number of nitrogens with one attached hydrogen (secondary N) is 1. The van der Waals surface area contributed by atoms with Crippen molar-refractivity contribution in [1.82, 2.24) is 10.2 Å². The molecule has 0 fully saturated rings. The Morgan fingerprint density at radius 3 is 2.89 bits per heavy atom. The van der Waals surface area contributed by atoms with Crippen LogP contribution in [0.1, 0.15) is 5.56 Å². The van der Waals surface area contributed by atoms with Gasteiger partial charge in [-0.1, -0.05) is 11.6 Å². The van der Waals surface area contributed by atoms with Gasteiger partial charge in [-0.2, -0.15) is 5.10 Å². The zero-order valence-corrected chi connectivity index (χ0v) is 10.5. The Bertz CT molecular complexity index is 625. The van der Waals surface area contributed by atoms with Gasteiger partial charge in [0.1, 0.15) is 5.75 Å². The van der Waals surface area contributed by atoms with Crippen molar-refractivity contribution >= 4 is 11.6 Å². The topological polar surface area (TPSA) is 81.0 Å². The maximum atomic E-state index is 11.2. The van der Waals surface area contributed by atoms with Gasteiger partial charge in [0.2, 0.25) is 0 Å². The van der Waals surface area contributed by atoms with Crippen LogP contribution in [0, 0.1) is 0 Å². The summed E-state index contributed by atoms with van der Waals surface area (Å²) in [6.45, 7) is 0.210. The Morgan fingerprint density at radius 2 is 2.22 bits per heavy atom. The number of nitrogens with two attached hydrogens (primary N) is 1. The minimum absolute atomic E-state index is 0.210. The average molecular weight is 266 g/mol. The molecule has 1 aromatic carbocycles. The first-order valence-corrected chi connectivity index (χ1v) is 5.66. The van der Waals surface area contributed by atoms with Crippen molar-refractivity contribution < 1.29 is 4.74 Å². The van der Waals surface area contributed by atoms with Crippen molar-refractivity contribution in [3.05, 3.63) is 45.2 Å². The second-order valence-corrected chi connectivity index (χ2v) is 4.09. The monoisotopic (exact) mass is 265 g/mol. The minimum atomic E-state index is -0.291. The van der Waals surface area contributed by atoms with Crippen molar-refractivity contribution in [1.29, 1.82) is 0 Å². The molecule has 0 amide bonds. The summed E-state index contributed by atoms with van der Waals surface area (Å²) in [5.74, 6) is 0.619. The van der Waals surface area contributed by atoms with Crippen LogP contribution < -0.4 is 16.0 Å². The van der Waals surface area contributed by atoms with E-state index >= 15 is 0 Å². The second kappa shape index (κ2) is 5.20. The van der Waals surface area contributed by atoms with E-state index in [0.29, 0.717) is 27.6 Å².